The van der Waals surface area contributed by atoms with Gasteiger partial charge in [-0.25, -0.2) is 0 Å². The van der Waals surface area contributed by atoms with Crippen molar-refractivity contribution in [2.24, 2.45) is 0 Å². The fourth-order valence-corrected chi connectivity index (χ4v) is 2.48. The van der Waals surface area contributed by atoms with Crippen molar-refractivity contribution in [3.63, 3.8) is 0 Å². The maximum atomic E-state index is 9.95. The third kappa shape index (κ3) is 6.16. The third-order valence-corrected chi connectivity index (χ3v) is 3.85. The van der Waals surface area contributed by atoms with Crippen LogP contribution < -0.4 is 10.1 Å². The van der Waals surface area contributed by atoms with Crippen LogP contribution >= 0.6 is 0 Å². The van der Waals surface area contributed by atoms with Crippen LogP contribution in [0.15, 0.2) is 24.3 Å². The van der Waals surface area contributed by atoms with E-state index in [2.05, 4.69) is 23.2 Å². The van der Waals surface area contributed by atoms with Crippen molar-refractivity contribution >= 4 is 0 Å². The van der Waals surface area contributed by atoms with Crippen molar-refractivity contribution in [2.75, 3.05) is 45.9 Å². The predicted molar refractivity (Wildman–Crippen MR) is 87.4 cm³/mol. The lowest BCUT2D eigenvalue weighted by Gasteiger charge is -2.32. The highest BCUT2D eigenvalue weighted by Crippen LogP contribution is 2.11. The molecule has 2 N–H and O–H groups in total. The van der Waals surface area contributed by atoms with Gasteiger partial charge in [0.1, 0.15) is 18.5 Å². The number of benzene rings is 1. The number of morpholine rings is 1. The van der Waals surface area contributed by atoms with Crippen molar-refractivity contribution in [2.45, 2.75) is 19.1 Å². The van der Waals surface area contributed by atoms with E-state index < -0.39 is 6.10 Å². The van der Waals surface area contributed by atoms with Gasteiger partial charge in [-0.3, -0.25) is 4.90 Å². The molecule has 6 nitrogen and oxygen atoms in total. The Morgan fingerprint density at radius 3 is 2.96 bits per heavy atom. The highest BCUT2D eigenvalue weighted by Gasteiger charge is 2.19. The zero-order chi connectivity index (χ0) is 16.5. The van der Waals surface area contributed by atoms with Crippen molar-refractivity contribution in [3.8, 4) is 11.8 Å². The molecule has 1 saturated heterocycles. The molecule has 2 rings (SSSR count). The average Bonchev–Trinajstić information content (AvgIpc) is 2.60. The Hall–Kier alpha value is -1.65. The first-order valence-corrected chi connectivity index (χ1v) is 8.07. The Labute approximate surface area is 137 Å². The van der Waals surface area contributed by atoms with Gasteiger partial charge in [0.25, 0.3) is 0 Å². The minimum atomic E-state index is -0.587. The lowest BCUT2D eigenvalue weighted by molar-refractivity contribution is -0.0266. The maximum Gasteiger partial charge on any atom is 0.119 e. The summed E-state index contributed by atoms with van der Waals surface area (Å²) in [6.07, 6.45) is -0.410. The van der Waals surface area contributed by atoms with E-state index in [0.29, 0.717) is 17.9 Å². The van der Waals surface area contributed by atoms with Crippen LogP contribution in [-0.2, 0) is 4.74 Å². The largest absolute Gasteiger partial charge is 0.491 e. The Morgan fingerprint density at radius 2 is 2.26 bits per heavy atom. The number of rotatable bonds is 8. The summed E-state index contributed by atoms with van der Waals surface area (Å²) in [5, 5.41) is 21.9. The number of nitrogens with zero attached hydrogens (tertiary/aromatic N) is 2. The highest BCUT2D eigenvalue weighted by molar-refractivity contribution is 5.34. The molecular formula is C17H25N3O3. The summed E-state index contributed by atoms with van der Waals surface area (Å²) in [6, 6.07) is 8.90. The van der Waals surface area contributed by atoms with E-state index in [9.17, 15) is 5.11 Å². The van der Waals surface area contributed by atoms with Crippen molar-refractivity contribution in [1.82, 2.24) is 10.2 Å². The first kappa shape index (κ1) is 17.7. The second-order valence-electron chi connectivity index (χ2n) is 5.65. The van der Waals surface area contributed by atoms with E-state index in [-0.39, 0.29) is 12.7 Å². The molecule has 2 atom stereocenters. The fourth-order valence-electron chi connectivity index (χ4n) is 2.48. The number of aliphatic hydroxyl groups is 1. The molecule has 1 heterocycles. The van der Waals surface area contributed by atoms with Crippen molar-refractivity contribution in [3.05, 3.63) is 29.8 Å². The van der Waals surface area contributed by atoms with E-state index in [1.165, 1.54) is 0 Å². The number of nitrogens with one attached hydrogen (secondary N) is 1. The van der Waals surface area contributed by atoms with E-state index in [0.717, 1.165) is 32.8 Å². The molecule has 1 aliphatic rings. The molecule has 1 aliphatic heterocycles. The van der Waals surface area contributed by atoms with Crippen LogP contribution in [0.4, 0.5) is 0 Å². The van der Waals surface area contributed by atoms with Crippen LogP contribution in [0.3, 0.4) is 0 Å². The van der Waals surface area contributed by atoms with E-state index in [1.807, 2.05) is 0 Å². The second kappa shape index (κ2) is 9.48. The Kier molecular flexibility index (Phi) is 7.30. The van der Waals surface area contributed by atoms with Gasteiger partial charge < -0.3 is 19.9 Å². The van der Waals surface area contributed by atoms with Gasteiger partial charge in [0.2, 0.25) is 0 Å². The molecule has 126 valence electrons. The predicted octanol–water partition coefficient (Wildman–Crippen LogP) is 0.608. The minimum absolute atomic E-state index is 0.176. The minimum Gasteiger partial charge on any atom is -0.491 e. The van der Waals surface area contributed by atoms with E-state index in [4.69, 9.17) is 14.7 Å². The number of nitriles is 1. The number of hydrogen-bond acceptors (Lipinski definition) is 6. The lowest BCUT2D eigenvalue weighted by atomic mass is 10.2. The molecule has 0 aliphatic carbocycles. The summed E-state index contributed by atoms with van der Waals surface area (Å²) in [6.45, 7) is 7.29. The van der Waals surface area contributed by atoms with Gasteiger partial charge in [0, 0.05) is 26.2 Å². The zero-order valence-corrected chi connectivity index (χ0v) is 13.6. The molecule has 1 aromatic rings. The maximum absolute atomic E-state index is 9.95. The van der Waals surface area contributed by atoms with Gasteiger partial charge in [-0.05, 0) is 30.8 Å². The van der Waals surface area contributed by atoms with Crippen molar-refractivity contribution in [1.29, 1.82) is 5.26 Å². The van der Waals surface area contributed by atoms with E-state index >= 15 is 0 Å². The molecule has 0 spiro atoms. The van der Waals surface area contributed by atoms with Crippen LogP contribution in [0.25, 0.3) is 0 Å². The number of hydrogen-bond donors (Lipinski definition) is 2. The van der Waals surface area contributed by atoms with Gasteiger partial charge in [0.05, 0.1) is 24.3 Å². The third-order valence-electron chi connectivity index (χ3n) is 3.85. The van der Waals surface area contributed by atoms with Crippen LogP contribution in [0.1, 0.15) is 12.5 Å². The van der Waals surface area contributed by atoms with Gasteiger partial charge in [0.15, 0.2) is 0 Å². The first-order valence-electron chi connectivity index (χ1n) is 8.07. The summed E-state index contributed by atoms with van der Waals surface area (Å²) < 4.78 is 11.2. The number of aliphatic hydroxyl groups excluding tert-OH is 1. The van der Waals surface area contributed by atoms with Crippen LogP contribution in [0, 0.1) is 11.3 Å². The summed E-state index contributed by atoms with van der Waals surface area (Å²) in [5.41, 5.74) is 0.591. The number of likely N-dealkylation sites (N-methyl/N-ethyl adjacent to an activating group) is 1. The zero-order valence-electron chi connectivity index (χ0n) is 13.6. The van der Waals surface area contributed by atoms with Crippen LogP contribution in [-0.4, -0.2) is 68.2 Å². The normalized spacial score (nSPS) is 20.0. The average molecular weight is 319 g/mol. The van der Waals surface area contributed by atoms with Crippen LogP contribution in [0.2, 0.25) is 0 Å². The summed E-state index contributed by atoms with van der Waals surface area (Å²) in [5.74, 6) is 0.650. The molecule has 0 saturated carbocycles. The van der Waals surface area contributed by atoms with Gasteiger partial charge in [-0.1, -0.05) is 6.92 Å². The molecule has 1 fully saturated rings. The molecule has 0 radical (unpaired) electrons. The van der Waals surface area contributed by atoms with Gasteiger partial charge >= 0.3 is 0 Å². The Balaban J connectivity index is 1.61. The summed E-state index contributed by atoms with van der Waals surface area (Å²) in [7, 11) is 0. The molecule has 0 bridgehead atoms. The molecular weight excluding hydrogens is 294 g/mol. The quantitative estimate of drug-likeness (QED) is 0.731. The Bertz CT molecular complexity index is 501. The molecule has 2 unspecified atom stereocenters. The van der Waals surface area contributed by atoms with E-state index in [1.54, 1.807) is 24.3 Å². The first-order chi connectivity index (χ1) is 11.2. The fraction of sp³-hybridized carbons (Fsp3) is 0.588. The Morgan fingerprint density at radius 1 is 1.48 bits per heavy atom. The second-order valence-corrected chi connectivity index (χ2v) is 5.65. The molecule has 1 aromatic carbocycles. The SMILES string of the molecule is CCN1CCOC(CNCC(O)COc2ccc(C#N)cc2)C1. The summed E-state index contributed by atoms with van der Waals surface area (Å²) in [4.78, 5) is 2.36. The lowest BCUT2D eigenvalue weighted by Crippen LogP contribution is -2.47. The molecule has 0 amide bonds. The standard InChI is InChI=1S/C17H25N3O3/c1-2-20-7-8-22-17(12-20)11-19-10-15(21)13-23-16-5-3-14(9-18)4-6-16/h3-6,15,17,19,21H,2,7-8,10-13H2,1H3. The number of ether oxygens (including phenoxy) is 2. The van der Waals surface area contributed by atoms with Crippen molar-refractivity contribution < 1.29 is 14.6 Å². The molecule has 0 aromatic heterocycles. The smallest absolute Gasteiger partial charge is 0.119 e. The highest BCUT2D eigenvalue weighted by atomic mass is 16.5. The monoisotopic (exact) mass is 319 g/mol. The molecule has 23 heavy (non-hydrogen) atoms. The van der Waals surface area contributed by atoms with Crippen LogP contribution in [0.5, 0.6) is 5.75 Å². The summed E-state index contributed by atoms with van der Waals surface area (Å²) >= 11 is 0. The van der Waals surface area contributed by atoms with Gasteiger partial charge in [-0.2, -0.15) is 5.26 Å². The topological polar surface area (TPSA) is 77.8 Å². The van der Waals surface area contributed by atoms with Gasteiger partial charge in [-0.15, -0.1) is 0 Å². The molecule has 6 heteroatoms.